The molecular weight excluding hydrogens is 655 g/mol. The summed E-state index contributed by atoms with van der Waals surface area (Å²) in [6.07, 6.45) is 13.8. The van der Waals surface area contributed by atoms with Gasteiger partial charge in [-0.25, -0.2) is 4.98 Å². The van der Waals surface area contributed by atoms with E-state index in [4.69, 9.17) is 4.98 Å². The Hall–Kier alpha value is -6.45. The van der Waals surface area contributed by atoms with E-state index < -0.39 is 0 Å². The van der Waals surface area contributed by atoms with Crippen LogP contribution in [0.5, 0.6) is 0 Å². The van der Waals surface area contributed by atoms with Gasteiger partial charge in [0.1, 0.15) is 0 Å². The molecule has 1 spiro atoms. The van der Waals surface area contributed by atoms with Crippen LogP contribution in [0.4, 0.5) is 0 Å². The average Bonchev–Trinajstić information content (AvgIpc) is 3.52. The summed E-state index contributed by atoms with van der Waals surface area (Å²) in [7, 11) is 0. The fourth-order valence-corrected chi connectivity index (χ4v) is 8.98. The Kier molecular flexibility index (Phi) is 8.06. The van der Waals surface area contributed by atoms with Gasteiger partial charge in [0.05, 0.1) is 11.4 Å². The van der Waals surface area contributed by atoms with Gasteiger partial charge in [-0.15, -0.1) is 0 Å². The molecule has 54 heavy (non-hydrogen) atoms. The number of fused-ring (bicyclic) bond motifs is 5. The first-order valence-electron chi connectivity index (χ1n) is 19.1. The molecule has 8 aromatic rings. The van der Waals surface area contributed by atoms with Crippen LogP contribution >= 0.6 is 0 Å². The molecule has 0 saturated heterocycles. The lowest BCUT2D eigenvalue weighted by Crippen LogP contribution is -2.28. The van der Waals surface area contributed by atoms with E-state index in [0.717, 1.165) is 39.2 Å². The molecule has 3 nitrogen and oxygen atoms in total. The van der Waals surface area contributed by atoms with E-state index in [0.29, 0.717) is 0 Å². The summed E-state index contributed by atoms with van der Waals surface area (Å²) in [6.45, 7) is 0. The molecule has 0 N–H and O–H groups in total. The molecule has 3 aromatic heterocycles. The number of hydrogen-bond donors (Lipinski definition) is 0. The first kappa shape index (κ1) is 32.2. The fourth-order valence-electron chi connectivity index (χ4n) is 8.98. The van der Waals surface area contributed by atoms with Crippen molar-refractivity contribution in [1.29, 1.82) is 0 Å². The molecule has 0 atom stereocenters. The Labute approximate surface area is 317 Å². The second-order valence-corrected chi connectivity index (χ2v) is 14.8. The maximum absolute atomic E-state index is 5.14. The van der Waals surface area contributed by atoms with Crippen molar-refractivity contribution in [3.63, 3.8) is 0 Å². The van der Waals surface area contributed by atoms with Crippen LogP contribution in [0.2, 0.25) is 0 Å². The van der Waals surface area contributed by atoms with Gasteiger partial charge >= 0.3 is 0 Å². The summed E-state index contributed by atoms with van der Waals surface area (Å²) in [5, 5.41) is 0. The molecule has 5 aromatic carbocycles. The van der Waals surface area contributed by atoms with E-state index in [-0.39, 0.29) is 5.41 Å². The SMILES string of the molecule is c1cncc(-c2cc(-c3cccnc3)nc(-c3cccc(-c4cccc(-c5cccc(-c6ccc7c(c6)C6(CCCCC6)c6ccccc6-7)c5)c4)c3)c2)c1. The highest BCUT2D eigenvalue weighted by molar-refractivity contribution is 5.85. The Morgan fingerprint density at radius 3 is 1.50 bits per heavy atom. The average molecular weight is 694 g/mol. The van der Waals surface area contributed by atoms with Crippen LogP contribution in [-0.4, -0.2) is 15.0 Å². The summed E-state index contributed by atoms with van der Waals surface area (Å²) in [5.41, 5.74) is 19.3. The maximum atomic E-state index is 5.14. The third-order valence-corrected chi connectivity index (χ3v) is 11.6. The molecule has 0 bridgehead atoms. The summed E-state index contributed by atoms with van der Waals surface area (Å²) in [6, 6.07) is 55.4. The molecule has 10 rings (SSSR count). The monoisotopic (exact) mass is 693 g/mol. The van der Waals surface area contributed by atoms with Gasteiger partial charge in [-0.3, -0.25) is 9.97 Å². The zero-order valence-corrected chi connectivity index (χ0v) is 30.1. The van der Waals surface area contributed by atoms with Crippen molar-refractivity contribution >= 4 is 0 Å². The largest absolute Gasteiger partial charge is 0.264 e. The number of nitrogens with zero attached hydrogens (tertiary/aromatic N) is 3. The highest BCUT2D eigenvalue weighted by atomic mass is 14.7. The van der Waals surface area contributed by atoms with E-state index in [9.17, 15) is 0 Å². The molecule has 3 heteroatoms. The van der Waals surface area contributed by atoms with Crippen LogP contribution in [-0.2, 0) is 5.41 Å². The molecular formula is C51H39N3. The van der Waals surface area contributed by atoms with Gasteiger partial charge in [-0.2, -0.15) is 0 Å². The van der Waals surface area contributed by atoms with Gasteiger partial charge < -0.3 is 0 Å². The minimum Gasteiger partial charge on any atom is -0.264 e. The van der Waals surface area contributed by atoms with Gasteiger partial charge in [0, 0.05) is 46.9 Å². The second-order valence-electron chi connectivity index (χ2n) is 14.8. The number of benzene rings is 5. The lowest BCUT2D eigenvalue weighted by Gasteiger charge is -2.36. The third-order valence-electron chi connectivity index (χ3n) is 11.6. The highest BCUT2D eigenvalue weighted by Crippen LogP contribution is 2.56. The van der Waals surface area contributed by atoms with Crippen molar-refractivity contribution in [2.75, 3.05) is 0 Å². The van der Waals surface area contributed by atoms with Crippen LogP contribution in [0.3, 0.4) is 0 Å². The minimum atomic E-state index is 0.149. The molecule has 1 fully saturated rings. The number of hydrogen-bond acceptors (Lipinski definition) is 3. The van der Waals surface area contributed by atoms with Gasteiger partial charge in [-0.1, -0.05) is 116 Å². The number of pyridine rings is 3. The quantitative estimate of drug-likeness (QED) is 0.174. The van der Waals surface area contributed by atoms with E-state index in [1.807, 2.05) is 24.5 Å². The summed E-state index contributed by atoms with van der Waals surface area (Å²) in [5.74, 6) is 0. The Balaban J connectivity index is 0.993. The van der Waals surface area contributed by atoms with Crippen LogP contribution in [0, 0.1) is 0 Å². The minimum absolute atomic E-state index is 0.149. The second kappa shape index (κ2) is 13.5. The van der Waals surface area contributed by atoms with Gasteiger partial charge in [0.15, 0.2) is 0 Å². The lowest BCUT2D eigenvalue weighted by molar-refractivity contribution is 0.353. The van der Waals surface area contributed by atoms with Crippen molar-refractivity contribution in [1.82, 2.24) is 15.0 Å². The molecule has 1 saturated carbocycles. The van der Waals surface area contributed by atoms with Crippen LogP contribution in [0.25, 0.3) is 78.1 Å². The molecule has 2 aliphatic carbocycles. The Morgan fingerprint density at radius 2 is 0.870 bits per heavy atom. The molecule has 258 valence electrons. The highest BCUT2D eigenvalue weighted by Gasteiger charge is 2.43. The summed E-state index contributed by atoms with van der Waals surface area (Å²) >= 11 is 0. The normalized spacial score (nSPS) is 14.1. The van der Waals surface area contributed by atoms with Gasteiger partial charge in [0.2, 0.25) is 0 Å². The Bertz CT molecular complexity index is 2580. The van der Waals surface area contributed by atoms with Crippen LogP contribution in [0.1, 0.15) is 43.2 Å². The van der Waals surface area contributed by atoms with Crippen molar-refractivity contribution in [3.05, 3.63) is 188 Å². The number of rotatable bonds is 6. The molecule has 0 amide bonds. The van der Waals surface area contributed by atoms with E-state index >= 15 is 0 Å². The first-order valence-corrected chi connectivity index (χ1v) is 19.1. The molecule has 0 unspecified atom stereocenters. The molecule has 2 aliphatic rings. The van der Waals surface area contributed by atoms with Gasteiger partial charge in [-0.05, 0) is 129 Å². The molecule has 3 heterocycles. The Morgan fingerprint density at radius 1 is 0.352 bits per heavy atom. The third kappa shape index (κ3) is 5.74. The zero-order valence-electron chi connectivity index (χ0n) is 30.1. The summed E-state index contributed by atoms with van der Waals surface area (Å²) in [4.78, 5) is 13.9. The van der Waals surface area contributed by atoms with Crippen molar-refractivity contribution in [3.8, 4) is 78.1 Å². The lowest BCUT2D eigenvalue weighted by atomic mass is 9.67. The van der Waals surface area contributed by atoms with E-state index in [1.165, 1.54) is 82.2 Å². The summed E-state index contributed by atoms with van der Waals surface area (Å²) < 4.78 is 0. The van der Waals surface area contributed by atoms with Gasteiger partial charge in [0.25, 0.3) is 0 Å². The predicted molar refractivity (Wildman–Crippen MR) is 222 cm³/mol. The topological polar surface area (TPSA) is 38.7 Å². The predicted octanol–water partition coefficient (Wildman–Crippen LogP) is 13.1. The zero-order chi connectivity index (χ0) is 35.9. The maximum Gasteiger partial charge on any atom is 0.0731 e. The van der Waals surface area contributed by atoms with Crippen molar-refractivity contribution < 1.29 is 0 Å². The molecule has 0 aliphatic heterocycles. The van der Waals surface area contributed by atoms with Crippen LogP contribution in [0.15, 0.2) is 176 Å². The standard InChI is InChI=1S/C51H39N3/c1-4-23-51(24-5-1)47-20-3-2-19-45(47)46-22-21-40(30-48(46)51)38-14-7-12-36(28-38)35-11-6-13-37(27-35)39-15-8-16-41(29-39)49-31-44(42-17-9-25-52-33-42)32-50(54-49)43-18-10-26-53-34-43/h2-3,6-22,25-34H,1,4-5,23-24H2. The van der Waals surface area contributed by atoms with Crippen molar-refractivity contribution in [2.45, 2.75) is 37.5 Å². The number of aromatic nitrogens is 3. The van der Waals surface area contributed by atoms with Crippen molar-refractivity contribution in [2.24, 2.45) is 0 Å². The first-order chi connectivity index (χ1) is 26.7. The fraction of sp³-hybridized carbons (Fsp3) is 0.118. The molecule has 0 radical (unpaired) electrons. The van der Waals surface area contributed by atoms with Crippen LogP contribution < -0.4 is 0 Å². The smallest absolute Gasteiger partial charge is 0.0731 e. The van der Waals surface area contributed by atoms with E-state index in [2.05, 4.69) is 149 Å². The van der Waals surface area contributed by atoms with E-state index in [1.54, 1.807) is 12.4 Å².